The number of thioether (sulfide) groups is 1. The number of carbonyl (C=O) groups is 1. The first-order valence-electron chi connectivity index (χ1n) is 14.5. The molecule has 2 atom stereocenters. The summed E-state index contributed by atoms with van der Waals surface area (Å²) in [7, 11) is 0. The predicted molar refractivity (Wildman–Crippen MR) is 168 cm³/mol. The first-order chi connectivity index (χ1) is 20.8. The van der Waals surface area contributed by atoms with Crippen molar-refractivity contribution in [3.8, 4) is 16.9 Å². The average Bonchev–Trinajstić information content (AvgIpc) is 3.79. The first-order valence-corrected chi connectivity index (χ1v) is 15.9. The topological polar surface area (TPSA) is 84.2 Å². The third-order valence-electron chi connectivity index (χ3n) is 8.51. The Morgan fingerprint density at radius 1 is 1.21 bits per heavy atom. The van der Waals surface area contributed by atoms with Crippen molar-refractivity contribution in [3.63, 3.8) is 0 Å². The number of hydrogen-bond acceptors (Lipinski definition) is 7. The summed E-state index contributed by atoms with van der Waals surface area (Å²) in [5, 5.41) is 0.869. The fourth-order valence-corrected chi connectivity index (χ4v) is 7.69. The lowest BCUT2D eigenvalue weighted by molar-refractivity contribution is -0.126. The molecule has 2 fully saturated rings. The van der Waals surface area contributed by atoms with Crippen molar-refractivity contribution >= 4 is 46.1 Å². The van der Waals surface area contributed by atoms with Crippen LogP contribution in [0.5, 0.6) is 0 Å². The van der Waals surface area contributed by atoms with E-state index in [-0.39, 0.29) is 28.9 Å². The predicted octanol–water partition coefficient (Wildman–Crippen LogP) is 5.77. The van der Waals surface area contributed by atoms with E-state index in [0.29, 0.717) is 53.3 Å². The highest BCUT2D eigenvalue weighted by molar-refractivity contribution is 7.99. The van der Waals surface area contributed by atoms with Crippen LogP contribution in [0, 0.1) is 5.82 Å². The molecule has 1 aromatic carbocycles. The van der Waals surface area contributed by atoms with Crippen LogP contribution >= 0.6 is 23.4 Å². The maximum absolute atomic E-state index is 15.5. The molecule has 11 heteroatoms. The molecule has 1 amide bonds. The molecule has 7 rings (SSSR count). The molecule has 1 unspecified atom stereocenters. The van der Waals surface area contributed by atoms with Gasteiger partial charge in [0.2, 0.25) is 5.91 Å². The number of nitrogens with zero attached hydrogens (tertiary/aromatic N) is 6. The van der Waals surface area contributed by atoms with Gasteiger partial charge in [-0.25, -0.2) is 18.7 Å². The Kier molecular flexibility index (Phi) is 7.01. The fourth-order valence-electron chi connectivity index (χ4n) is 6.44. The molecular formula is C32H30ClFN6O2S. The van der Waals surface area contributed by atoms with Gasteiger partial charge in [0, 0.05) is 29.7 Å². The van der Waals surface area contributed by atoms with Crippen molar-refractivity contribution in [3.05, 3.63) is 81.8 Å². The van der Waals surface area contributed by atoms with Gasteiger partial charge in [-0.15, -0.1) is 11.8 Å². The molecule has 1 aliphatic carbocycles. The number of halogens is 2. The number of amides is 1. The number of anilines is 1. The molecule has 2 bridgehead atoms. The SMILES string of the molecule is C=CC(=O)N1CCN(c2nc(=O)n3c4nc(c(Cl)cc24)-c2c(F)cccc2CCCSc2ccnc(C(C)C)c2-3)C2C[C@H]21. The molecule has 3 aliphatic rings. The van der Waals surface area contributed by atoms with Crippen molar-refractivity contribution < 1.29 is 9.18 Å². The second kappa shape index (κ2) is 10.7. The van der Waals surface area contributed by atoms with E-state index >= 15 is 4.39 Å². The number of piperazine rings is 1. The maximum Gasteiger partial charge on any atom is 0.355 e. The number of pyridine rings is 2. The summed E-state index contributed by atoms with van der Waals surface area (Å²) in [5.41, 5.74) is 2.73. The second-order valence-corrected chi connectivity index (χ2v) is 13.0. The lowest BCUT2D eigenvalue weighted by Crippen LogP contribution is -2.49. The van der Waals surface area contributed by atoms with Gasteiger partial charge in [0.15, 0.2) is 5.65 Å². The molecular weight excluding hydrogens is 587 g/mol. The van der Waals surface area contributed by atoms with Gasteiger partial charge in [-0.3, -0.25) is 9.78 Å². The molecule has 4 aromatic rings. The van der Waals surface area contributed by atoms with Crippen LogP contribution in [0.25, 0.3) is 28.0 Å². The third kappa shape index (κ3) is 4.62. The van der Waals surface area contributed by atoms with Gasteiger partial charge in [-0.05, 0) is 60.8 Å². The highest BCUT2D eigenvalue weighted by Crippen LogP contribution is 2.43. The second-order valence-electron chi connectivity index (χ2n) is 11.5. The smallest absolute Gasteiger partial charge is 0.349 e. The van der Waals surface area contributed by atoms with E-state index in [1.165, 1.54) is 16.7 Å². The van der Waals surface area contributed by atoms with E-state index < -0.39 is 11.5 Å². The highest BCUT2D eigenvalue weighted by atomic mass is 35.5. The van der Waals surface area contributed by atoms with Gasteiger partial charge >= 0.3 is 5.69 Å². The van der Waals surface area contributed by atoms with E-state index in [9.17, 15) is 9.59 Å². The summed E-state index contributed by atoms with van der Waals surface area (Å²) >= 11 is 8.59. The Bertz CT molecular complexity index is 1880. The Hall–Kier alpha value is -3.76. The minimum atomic E-state index is -0.493. The number of hydrogen-bond donors (Lipinski definition) is 0. The van der Waals surface area contributed by atoms with Crippen LogP contribution in [0.4, 0.5) is 10.2 Å². The normalized spacial score (nSPS) is 19.4. The maximum atomic E-state index is 15.5. The Morgan fingerprint density at radius 3 is 2.84 bits per heavy atom. The quantitative estimate of drug-likeness (QED) is 0.270. The average molecular weight is 617 g/mol. The van der Waals surface area contributed by atoms with E-state index in [0.717, 1.165) is 34.7 Å². The molecule has 0 N–H and O–H groups in total. The van der Waals surface area contributed by atoms with Gasteiger partial charge in [0.05, 0.1) is 39.6 Å². The van der Waals surface area contributed by atoms with Gasteiger partial charge in [0.25, 0.3) is 0 Å². The zero-order chi connectivity index (χ0) is 30.0. The molecule has 43 heavy (non-hydrogen) atoms. The number of benzene rings is 1. The highest BCUT2D eigenvalue weighted by Gasteiger charge is 2.51. The number of aryl methyl sites for hydroxylation is 1. The first kappa shape index (κ1) is 28.0. The standard InChI is InChI=1S/C32H30ClFN6O2S/c1-4-25(41)38-12-13-39(23-16-22(23)38)30-19-15-20(33)28-26-18(7-5-9-21(26)34)8-6-14-43-24-10-11-35-27(17(2)3)29(24)40(31(19)36-28)32(42)37-30/h4-5,7,9-11,15,17,22-23H,1,6,8,12-14,16H2,2-3H3/t22-,23?/m1/s1. The minimum Gasteiger partial charge on any atom is -0.349 e. The summed E-state index contributed by atoms with van der Waals surface area (Å²) in [5.74, 6) is 0.741. The van der Waals surface area contributed by atoms with Crippen molar-refractivity contribution in [1.82, 2.24) is 24.4 Å². The Balaban J connectivity index is 1.53. The van der Waals surface area contributed by atoms with Gasteiger partial charge < -0.3 is 9.80 Å². The van der Waals surface area contributed by atoms with Crippen LogP contribution in [0.2, 0.25) is 5.02 Å². The van der Waals surface area contributed by atoms with E-state index in [1.807, 2.05) is 30.9 Å². The summed E-state index contributed by atoms with van der Waals surface area (Å²) < 4.78 is 17.1. The molecule has 1 saturated heterocycles. The molecule has 3 aromatic heterocycles. The summed E-state index contributed by atoms with van der Waals surface area (Å²) in [6.45, 7) is 8.69. The van der Waals surface area contributed by atoms with Crippen LogP contribution in [-0.2, 0) is 11.2 Å². The molecule has 2 aliphatic heterocycles. The van der Waals surface area contributed by atoms with Crippen molar-refractivity contribution in [2.45, 2.75) is 56.0 Å². The van der Waals surface area contributed by atoms with Gasteiger partial charge in [-0.2, -0.15) is 4.98 Å². The zero-order valence-corrected chi connectivity index (χ0v) is 25.5. The van der Waals surface area contributed by atoms with Crippen LogP contribution in [0.1, 0.15) is 43.9 Å². The number of fused-ring (bicyclic) bond motifs is 6. The molecule has 220 valence electrons. The molecule has 1 saturated carbocycles. The molecule has 0 radical (unpaired) electrons. The summed E-state index contributed by atoms with van der Waals surface area (Å²) in [4.78, 5) is 45.8. The lowest BCUT2D eigenvalue weighted by atomic mass is 9.99. The van der Waals surface area contributed by atoms with Crippen LogP contribution in [0.15, 0.2) is 58.9 Å². The third-order valence-corrected chi connectivity index (χ3v) is 9.93. The van der Waals surface area contributed by atoms with E-state index in [4.69, 9.17) is 16.6 Å². The Morgan fingerprint density at radius 2 is 2.05 bits per heavy atom. The van der Waals surface area contributed by atoms with Crippen LogP contribution < -0.4 is 10.6 Å². The number of rotatable bonds is 3. The van der Waals surface area contributed by atoms with Gasteiger partial charge in [-0.1, -0.05) is 44.2 Å². The molecule has 0 spiro atoms. The number of carbonyl (C=O) groups excluding carboxylic acids is 1. The van der Waals surface area contributed by atoms with Crippen LogP contribution in [0.3, 0.4) is 0 Å². The van der Waals surface area contributed by atoms with Crippen molar-refractivity contribution in [1.29, 1.82) is 0 Å². The van der Waals surface area contributed by atoms with Crippen LogP contribution in [-0.4, -0.2) is 61.3 Å². The summed E-state index contributed by atoms with van der Waals surface area (Å²) in [6, 6.07) is 8.76. The van der Waals surface area contributed by atoms with Crippen molar-refractivity contribution in [2.24, 2.45) is 0 Å². The largest absolute Gasteiger partial charge is 0.355 e. The monoisotopic (exact) mass is 616 g/mol. The summed E-state index contributed by atoms with van der Waals surface area (Å²) in [6.07, 6.45) is 5.33. The van der Waals surface area contributed by atoms with E-state index in [2.05, 4.69) is 21.4 Å². The van der Waals surface area contributed by atoms with E-state index in [1.54, 1.807) is 30.1 Å². The minimum absolute atomic E-state index is 0.0118. The van der Waals surface area contributed by atoms with Crippen molar-refractivity contribution in [2.75, 3.05) is 23.7 Å². The molecule has 8 nitrogen and oxygen atoms in total. The fraction of sp³-hybridized carbons (Fsp3) is 0.344. The zero-order valence-electron chi connectivity index (χ0n) is 23.9. The Labute approximate surface area is 257 Å². The number of aromatic nitrogens is 4. The van der Waals surface area contributed by atoms with Gasteiger partial charge in [0.1, 0.15) is 11.6 Å². The molecule has 5 heterocycles. The lowest BCUT2D eigenvalue weighted by Gasteiger charge is -2.35.